The fourth-order valence-corrected chi connectivity index (χ4v) is 7.20. The number of para-hydroxylation sites is 1. The Kier molecular flexibility index (Phi) is 7.92. The van der Waals surface area contributed by atoms with Crippen molar-refractivity contribution < 1.29 is 18.7 Å². The molecular formula is C34H33AsFN7O3. The normalized spacial score (nSPS) is 19.6. The van der Waals surface area contributed by atoms with Gasteiger partial charge in [-0.1, -0.05) is 0 Å². The third-order valence-corrected chi connectivity index (χ3v) is 9.95. The number of hydrogen-bond acceptors (Lipinski definition) is 8. The summed E-state index contributed by atoms with van der Waals surface area (Å²) in [4.78, 5) is 26.7. The van der Waals surface area contributed by atoms with Crippen LogP contribution in [0.25, 0.3) is 22.3 Å². The molecule has 0 saturated carbocycles. The van der Waals surface area contributed by atoms with Gasteiger partial charge in [-0.3, -0.25) is 0 Å². The second-order valence-electron chi connectivity index (χ2n) is 13.0. The SMILES string of the molecule is CC(C)(C=C(C#N)C(=O)N1CCC[C@H]1Cn1nc(-c2ccc(Oc3ccccc3)cc2F)c2c([As])ncnc21)N1CC2(COC2)C1. The maximum absolute atomic E-state index is 15.6. The van der Waals surface area contributed by atoms with Crippen molar-refractivity contribution in [2.24, 2.45) is 5.41 Å². The first kappa shape index (κ1) is 30.5. The molecule has 234 valence electrons. The zero-order valence-electron chi connectivity index (χ0n) is 25.7. The zero-order chi connectivity index (χ0) is 32.1. The molecule has 0 N–H and O–H groups in total. The van der Waals surface area contributed by atoms with Crippen LogP contribution in [0.1, 0.15) is 26.7 Å². The van der Waals surface area contributed by atoms with Crippen molar-refractivity contribution in [2.75, 3.05) is 32.8 Å². The van der Waals surface area contributed by atoms with Gasteiger partial charge in [0.2, 0.25) is 0 Å². The molecule has 2 aromatic carbocycles. The number of ether oxygens (including phenoxy) is 2. The van der Waals surface area contributed by atoms with Gasteiger partial charge in [0, 0.05) is 18.5 Å². The predicted molar refractivity (Wildman–Crippen MR) is 170 cm³/mol. The van der Waals surface area contributed by atoms with Crippen LogP contribution >= 0.6 is 0 Å². The van der Waals surface area contributed by atoms with Crippen LogP contribution in [0.2, 0.25) is 0 Å². The first-order valence-electron chi connectivity index (χ1n) is 15.4. The molecule has 3 fully saturated rings. The van der Waals surface area contributed by atoms with E-state index in [1.54, 1.807) is 39.9 Å². The minimum Gasteiger partial charge on any atom is -0.380 e. The second-order valence-corrected chi connectivity index (χ2v) is 13.8. The summed E-state index contributed by atoms with van der Waals surface area (Å²) in [5.41, 5.74) is 1.19. The van der Waals surface area contributed by atoms with Crippen LogP contribution in [0.5, 0.6) is 11.5 Å². The van der Waals surface area contributed by atoms with E-state index < -0.39 is 11.4 Å². The average molecular weight is 682 g/mol. The number of likely N-dealkylation sites (tertiary alicyclic amines) is 2. The molecule has 46 heavy (non-hydrogen) atoms. The van der Waals surface area contributed by atoms with Gasteiger partial charge in [0.1, 0.15) is 0 Å². The van der Waals surface area contributed by atoms with E-state index in [2.05, 4.69) is 37.8 Å². The second kappa shape index (κ2) is 11.9. The van der Waals surface area contributed by atoms with E-state index >= 15 is 4.39 Å². The van der Waals surface area contributed by atoms with Crippen LogP contribution in [0.4, 0.5) is 4.39 Å². The molecule has 2 aromatic heterocycles. The molecule has 10 nitrogen and oxygen atoms in total. The number of rotatable bonds is 8. The van der Waals surface area contributed by atoms with Crippen LogP contribution in [0.3, 0.4) is 0 Å². The molecule has 3 saturated heterocycles. The van der Waals surface area contributed by atoms with E-state index in [1.807, 2.05) is 32.0 Å². The summed E-state index contributed by atoms with van der Waals surface area (Å²) in [5, 5.41) is 15.5. The summed E-state index contributed by atoms with van der Waals surface area (Å²) in [7, 11) is 0. The van der Waals surface area contributed by atoms with Crippen molar-refractivity contribution in [3.63, 3.8) is 0 Å². The maximum atomic E-state index is 15.6. The smallest absolute Gasteiger partial charge is 0.380 e. The molecule has 1 amide bonds. The summed E-state index contributed by atoms with van der Waals surface area (Å²) >= 11 is 2.40. The van der Waals surface area contributed by atoms with Crippen molar-refractivity contribution in [1.82, 2.24) is 29.5 Å². The Labute approximate surface area is 275 Å². The van der Waals surface area contributed by atoms with Gasteiger partial charge in [0.05, 0.1) is 13.2 Å². The van der Waals surface area contributed by atoms with Crippen molar-refractivity contribution in [3.8, 4) is 28.8 Å². The Morgan fingerprint density at radius 2 is 1.98 bits per heavy atom. The van der Waals surface area contributed by atoms with Gasteiger partial charge in [0.15, 0.2) is 0 Å². The van der Waals surface area contributed by atoms with Gasteiger partial charge >= 0.3 is 240 Å². The minimum atomic E-state index is -0.488. The average Bonchev–Trinajstić information content (AvgIpc) is 3.60. The minimum absolute atomic E-state index is 0.143. The van der Waals surface area contributed by atoms with Crippen LogP contribution in [-0.4, -0.2) is 96.7 Å². The molecule has 12 heteroatoms. The van der Waals surface area contributed by atoms with Crippen LogP contribution in [-0.2, 0) is 16.1 Å². The van der Waals surface area contributed by atoms with E-state index in [1.165, 1.54) is 12.4 Å². The van der Waals surface area contributed by atoms with Gasteiger partial charge in [-0.15, -0.1) is 0 Å². The van der Waals surface area contributed by atoms with Gasteiger partial charge < -0.3 is 4.74 Å². The molecule has 1 spiro atoms. The number of nitrogens with zero attached hydrogens (tertiary/aromatic N) is 7. The molecule has 7 rings (SSSR count). The number of carbonyl (C=O) groups excluding carboxylic acids is 1. The van der Waals surface area contributed by atoms with Crippen LogP contribution in [0.15, 0.2) is 66.5 Å². The number of halogens is 1. The van der Waals surface area contributed by atoms with E-state index in [-0.39, 0.29) is 22.9 Å². The molecule has 5 heterocycles. The fourth-order valence-electron chi connectivity index (χ4n) is 6.66. The molecule has 0 bridgehead atoms. The molecule has 4 aromatic rings. The van der Waals surface area contributed by atoms with Gasteiger partial charge in [-0.05, 0) is 0 Å². The topological polar surface area (TPSA) is 109 Å². The van der Waals surface area contributed by atoms with Gasteiger partial charge in [-0.25, -0.2) is 0 Å². The molecule has 3 aliphatic heterocycles. The zero-order valence-corrected chi connectivity index (χ0v) is 27.6. The van der Waals surface area contributed by atoms with E-state index in [9.17, 15) is 10.1 Å². The predicted octanol–water partition coefficient (Wildman–Crippen LogP) is 3.77. The molecule has 3 aliphatic rings. The van der Waals surface area contributed by atoms with E-state index in [0.29, 0.717) is 51.4 Å². The molecular weight excluding hydrogens is 648 g/mol. The van der Waals surface area contributed by atoms with E-state index in [0.717, 1.165) is 39.1 Å². The Morgan fingerprint density at radius 3 is 2.67 bits per heavy atom. The van der Waals surface area contributed by atoms with Gasteiger partial charge in [-0.2, -0.15) is 0 Å². The van der Waals surface area contributed by atoms with Crippen molar-refractivity contribution in [2.45, 2.75) is 44.8 Å². The third-order valence-electron chi connectivity index (χ3n) is 9.24. The Hall–Kier alpha value is -4.10. The number of nitriles is 1. The number of benzene rings is 2. The number of hydrogen-bond donors (Lipinski definition) is 0. The first-order chi connectivity index (χ1) is 22.2. The fraction of sp³-hybridized carbons (Fsp3) is 0.382. The summed E-state index contributed by atoms with van der Waals surface area (Å²) in [6.45, 7) is 8.32. The Morgan fingerprint density at radius 1 is 1.20 bits per heavy atom. The van der Waals surface area contributed by atoms with Gasteiger partial charge in [0.25, 0.3) is 0 Å². The molecule has 1 atom stereocenters. The number of aromatic nitrogens is 4. The van der Waals surface area contributed by atoms with Crippen molar-refractivity contribution >= 4 is 38.3 Å². The summed E-state index contributed by atoms with van der Waals surface area (Å²) < 4.78 is 29.2. The third kappa shape index (κ3) is 5.59. The monoisotopic (exact) mass is 681 g/mol. The summed E-state index contributed by atoms with van der Waals surface area (Å²) in [5.74, 6) is 0.213. The van der Waals surface area contributed by atoms with E-state index in [4.69, 9.17) is 14.6 Å². The van der Waals surface area contributed by atoms with Crippen LogP contribution in [0, 0.1) is 22.6 Å². The number of amides is 1. The molecule has 2 radical (unpaired) electrons. The molecule has 0 unspecified atom stereocenters. The van der Waals surface area contributed by atoms with Crippen molar-refractivity contribution in [1.29, 1.82) is 5.26 Å². The standard InChI is InChI=1S/C34H33AsFN7O3/c1-33(2,41-17-34(18-41)19-45-20-34)14-22(15-37)32(44)42-12-6-7-23(42)16-43-31-28(30(35)38-21-39-31)29(40-43)26-11-10-25(13-27(26)36)46-24-8-4-3-5-9-24/h3-5,8-11,13-14,21,23H,6-7,12,16-20H2,1-2H3/t23-/m0/s1. The van der Waals surface area contributed by atoms with Crippen molar-refractivity contribution in [3.05, 3.63) is 72.3 Å². The number of carbonyl (C=O) groups is 1. The Bertz CT molecular complexity index is 1870. The summed E-state index contributed by atoms with van der Waals surface area (Å²) in [6, 6.07) is 15.9. The number of fused-ring (bicyclic) bond motifs is 1. The molecule has 0 aliphatic carbocycles. The first-order valence-corrected chi connectivity index (χ1v) is 16.3. The quantitative estimate of drug-likeness (QED) is 0.157. The summed E-state index contributed by atoms with van der Waals surface area (Å²) in [6.07, 6.45) is 4.82. The van der Waals surface area contributed by atoms with Crippen LogP contribution < -0.4 is 9.22 Å². The Balaban J connectivity index is 1.14.